The molecule has 0 atom stereocenters. The van der Waals surface area contributed by atoms with Crippen LogP contribution in [0.4, 0.5) is 5.95 Å². The lowest BCUT2D eigenvalue weighted by molar-refractivity contribution is -0.130. The molecule has 1 amide bonds. The number of carbonyl (C=O) groups is 1. The van der Waals surface area contributed by atoms with Crippen molar-refractivity contribution in [1.82, 2.24) is 14.9 Å². The molecule has 0 unspecified atom stereocenters. The van der Waals surface area contributed by atoms with Crippen molar-refractivity contribution in [3.05, 3.63) is 58.2 Å². The van der Waals surface area contributed by atoms with Crippen LogP contribution in [0.1, 0.15) is 11.1 Å². The van der Waals surface area contributed by atoms with Gasteiger partial charge in [0, 0.05) is 50.0 Å². The van der Waals surface area contributed by atoms with Gasteiger partial charge in [-0.15, -0.1) is 0 Å². The van der Waals surface area contributed by atoms with E-state index in [-0.39, 0.29) is 18.1 Å². The summed E-state index contributed by atoms with van der Waals surface area (Å²) in [6, 6.07) is 6.39. The third-order valence-corrected chi connectivity index (χ3v) is 5.07. The molecule has 8 heteroatoms. The molecule has 1 aromatic carbocycles. The van der Waals surface area contributed by atoms with Crippen LogP contribution in [-0.4, -0.2) is 52.1 Å². The van der Waals surface area contributed by atoms with Crippen molar-refractivity contribution in [2.24, 2.45) is 0 Å². The van der Waals surface area contributed by atoms with Gasteiger partial charge in [0.2, 0.25) is 11.9 Å². The van der Waals surface area contributed by atoms with Crippen LogP contribution in [0.2, 0.25) is 0 Å². The first-order valence-corrected chi connectivity index (χ1v) is 9.08. The minimum atomic E-state index is -0.541. The van der Waals surface area contributed by atoms with Crippen molar-refractivity contribution < 1.29 is 14.3 Å². The molecule has 0 radical (unpaired) electrons. The Labute approximate surface area is 161 Å². The number of benzene rings is 1. The fourth-order valence-corrected chi connectivity index (χ4v) is 3.46. The number of amides is 1. The standard InChI is InChI=1S/C20H20N4O4/c1-13-15-4-3-14(25)11-17(15)28-19(27)16(13)12-18(26)23-7-9-24(10-8-23)20-21-5-2-6-22-20/h2-6,11,25H,7-10,12H2,1H3. The van der Waals surface area contributed by atoms with Gasteiger partial charge >= 0.3 is 5.63 Å². The summed E-state index contributed by atoms with van der Waals surface area (Å²) in [5.41, 5.74) is 0.836. The Hall–Kier alpha value is -3.42. The smallest absolute Gasteiger partial charge is 0.340 e. The van der Waals surface area contributed by atoms with Crippen LogP contribution in [0, 0.1) is 6.92 Å². The number of nitrogens with zero attached hydrogens (tertiary/aromatic N) is 4. The first-order valence-electron chi connectivity index (χ1n) is 9.08. The number of phenols is 1. The highest BCUT2D eigenvalue weighted by atomic mass is 16.4. The van der Waals surface area contributed by atoms with Gasteiger partial charge in [-0.2, -0.15) is 0 Å². The lowest BCUT2D eigenvalue weighted by atomic mass is 10.0. The Morgan fingerprint density at radius 3 is 2.61 bits per heavy atom. The Morgan fingerprint density at radius 2 is 1.89 bits per heavy atom. The normalized spacial score (nSPS) is 14.5. The Bertz CT molecular complexity index is 1070. The lowest BCUT2D eigenvalue weighted by Crippen LogP contribution is -2.49. The maximum Gasteiger partial charge on any atom is 0.340 e. The number of piperazine rings is 1. The highest BCUT2D eigenvalue weighted by Crippen LogP contribution is 2.24. The van der Waals surface area contributed by atoms with Crippen LogP contribution in [0.3, 0.4) is 0 Å². The van der Waals surface area contributed by atoms with Gasteiger partial charge in [0.15, 0.2) is 0 Å². The van der Waals surface area contributed by atoms with Crippen molar-refractivity contribution in [3.8, 4) is 5.75 Å². The molecule has 4 rings (SSSR count). The molecule has 1 aliphatic heterocycles. The SMILES string of the molecule is Cc1c(CC(=O)N2CCN(c3ncccn3)CC2)c(=O)oc2cc(O)ccc12. The number of fused-ring (bicyclic) bond motifs is 1. The summed E-state index contributed by atoms with van der Waals surface area (Å²) < 4.78 is 5.31. The highest BCUT2D eigenvalue weighted by Gasteiger charge is 2.24. The van der Waals surface area contributed by atoms with Gasteiger partial charge in [-0.3, -0.25) is 4.79 Å². The second-order valence-electron chi connectivity index (χ2n) is 6.77. The number of carbonyl (C=O) groups excluding carboxylic acids is 1. The molecule has 0 saturated carbocycles. The van der Waals surface area contributed by atoms with Crippen LogP contribution in [0.25, 0.3) is 11.0 Å². The third kappa shape index (κ3) is 3.40. The largest absolute Gasteiger partial charge is 0.508 e. The third-order valence-electron chi connectivity index (χ3n) is 5.07. The van der Waals surface area contributed by atoms with E-state index in [2.05, 4.69) is 9.97 Å². The van der Waals surface area contributed by atoms with Crippen molar-refractivity contribution in [3.63, 3.8) is 0 Å². The summed E-state index contributed by atoms with van der Waals surface area (Å²) in [6.07, 6.45) is 3.38. The summed E-state index contributed by atoms with van der Waals surface area (Å²) in [7, 11) is 0. The average molecular weight is 380 g/mol. The molecule has 2 aromatic heterocycles. The van der Waals surface area contributed by atoms with E-state index in [4.69, 9.17) is 4.42 Å². The zero-order valence-electron chi connectivity index (χ0n) is 15.5. The second kappa shape index (κ2) is 7.30. The van der Waals surface area contributed by atoms with E-state index >= 15 is 0 Å². The lowest BCUT2D eigenvalue weighted by Gasteiger charge is -2.34. The van der Waals surface area contributed by atoms with Gasteiger partial charge in [0.25, 0.3) is 0 Å². The number of anilines is 1. The fourth-order valence-electron chi connectivity index (χ4n) is 3.46. The summed E-state index contributed by atoms with van der Waals surface area (Å²) >= 11 is 0. The van der Waals surface area contributed by atoms with E-state index in [9.17, 15) is 14.7 Å². The van der Waals surface area contributed by atoms with E-state index < -0.39 is 5.63 Å². The van der Waals surface area contributed by atoms with E-state index in [0.717, 1.165) is 0 Å². The fraction of sp³-hybridized carbons (Fsp3) is 0.300. The van der Waals surface area contributed by atoms with E-state index in [0.29, 0.717) is 54.2 Å². The highest BCUT2D eigenvalue weighted by molar-refractivity contribution is 5.85. The van der Waals surface area contributed by atoms with Crippen molar-refractivity contribution >= 4 is 22.8 Å². The van der Waals surface area contributed by atoms with Gasteiger partial charge in [0.1, 0.15) is 11.3 Å². The summed E-state index contributed by atoms with van der Waals surface area (Å²) in [5.74, 6) is 0.574. The molecule has 8 nitrogen and oxygen atoms in total. The van der Waals surface area contributed by atoms with Crippen LogP contribution in [-0.2, 0) is 11.2 Å². The first-order chi connectivity index (χ1) is 13.5. The minimum absolute atomic E-state index is 0.00712. The van der Waals surface area contributed by atoms with E-state index in [1.807, 2.05) is 4.90 Å². The molecular weight excluding hydrogens is 360 g/mol. The predicted molar refractivity (Wildman–Crippen MR) is 103 cm³/mol. The number of aromatic hydroxyl groups is 1. The van der Waals surface area contributed by atoms with Crippen molar-refractivity contribution in [1.29, 1.82) is 0 Å². The van der Waals surface area contributed by atoms with Crippen LogP contribution in [0.5, 0.6) is 5.75 Å². The summed E-state index contributed by atoms with van der Waals surface area (Å²) in [6.45, 7) is 4.16. The molecular formula is C20H20N4O4. The number of aromatic nitrogens is 2. The number of aryl methyl sites for hydroxylation is 1. The topological polar surface area (TPSA) is 99.8 Å². The number of rotatable bonds is 3. The van der Waals surface area contributed by atoms with Gasteiger partial charge in [-0.1, -0.05) is 0 Å². The van der Waals surface area contributed by atoms with Crippen LogP contribution in [0.15, 0.2) is 45.9 Å². The molecule has 1 aliphatic rings. The Balaban J connectivity index is 1.49. The molecule has 0 aliphatic carbocycles. The quantitative estimate of drug-likeness (QED) is 0.687. The molecule has 1 N–H and O–H groups in total. The van der Waals surface area contributed by atoms with Gasteiger partial charge in [-0.25, -0.2) is 14.8 Å². The molecule has 1 saturated heterocycles. The molecule has 144 valence electrons. The molecule has 28 heavy (non-hydrogen) atoms. The number of phenolic OH excluding ortho intramolecular Hbond substituents is 1. The minimum Gasteiger partial charge on any atom is -0.508 e. The van der Waals surface area contributed by atoms with E-state index in [1.54, 1.807) is 36.4 Å². The van der Waals surface area contributed by atoms with Gasteiger partial charge in [-0.05, 0) is 30.7 Å². The first kappa shape index (κ1) is 18.0. The summed E-state index contributed by atoms with van der Waals surface area (Å²) in [4.78, 5) is 37.4. The average Bonchev–Trinajstić information content (AvgIpc) is 2.71. The van der Waals surface area contributed by atoms with Crippen LogP contribution >= 0.6 is 0 Å². The maximum absolute atomic E-state index is 12.8. The van der Waals surface area contributed by atoms with Crippen LogP contribution < -0.4 is 10.5 Å². The van der Waals surface area contributed by atoms with Gasteiger partial charge < -0.3 is 19.3 Å². The molecule has 1 fully saturated rings. The number of hydrogen-bond donors (Lipinski definition) is 1. The van der Waals surface area contributed by atoms with Crippen molar-refractivity contribution in [2.45, 2.75) is 13.3 Å². The molecule has 3 heterocycles. The number of hydrogen-bond acceptors (Lipinski definition) is 7. The molecule has 3 aromatic rings. The van der Waals surface area contributed by atoms with Crippen molar-refractivity contribution in [2.75, 3.05) is 31.1 Å². The second-order valence-corrected chi connectivity index (χ2v) is 6.77. The predicted octanol–water partition coefficient (Wildman–Crippen LogP) is 1.49. The van der Waals surface area contributed by atoms with E-state index in [1.165, 1.54) is 12.1 Å². The zero-order chi connectivity index (χ0) is 19.7. The van der Waals surface area contributed by atoms with Gasteiger partial charge in [0.05, 0.1) is 12.0 Å². The zero-order valence-corrected chi connectivity index (χ0v) is 15.5. The Kier molecular flexibility index (Phi) is 4.68. The molecule has 0 spiro atoms. The molecule has 0 bridgehead atoms. The monoisotopic (exact) mass is 380 g/mol. The summed E-state index contributed by atoms with van der Waals surface area (Å²) in [5, 5.41) is 10.3. The Morgan fingerprint density at radius 1 is 1.18 bits per heavy atom. The maximum atomic E-state index is 12.8.